The molecule has 1 aliphatic heterocycles. The Hall–Kier alpha value is -1.77. The molecule has 0 aliphatic carbocycles. The first kappa shape index (κ1) is 16.1. The summed E-state index contributed by atoms with van der Waals surface area (Å²) in [4.78, 5) is 21.5. The Morgan fingerprint density at radius 3 is 2.96 bits per heavy atom. The van der Waals surface area contributed by atoms with E-state index in [2.05, 4.69) is 19.6 Å². The molecule has 8 heteroatoms. The molecule has 2 heterocycles. The first-order valence-corrected chi connectivity index (χ1v) is 9.47. The summed E-state index contributed by atoms with van der Waals surface area (Å²) < 4.78 is 25.4. The van der Waals surface area contributed by atoms with Crippen molar-refractivity contribution in [2.75, 3.05) is 19.3 Å². The number of para-hydroxylation sites is 2. The first-order valence-electron chi connectivity index (χ1n) is 7.58. The van der Waals surface area contributed by atoms with Crippen LogP contribution >= 0.6 is 0 Å². The van der Waals surface area contributed by atoms with Gasteiger partial charge in [0.2, 0.25) is 10.0 Å². The Bertz CT molecular complexity index is 862. The second-order valence-corrected chi connectivity index (χ2v) is 7.77. The van der Waals surface area contributed by atoms with Crippen molar-refractivity contribution < 1.29 is 8.42 Å². The zero-order valence-electron chi connectivity index (χ0n) is 12.9. The first-order chi connectivity index (χ1) is 10.9. The van der Waals surface area contributed by atoms with E-state index in [1.165, 1.54) is 6.26 Å². The molecule has 1 aliphatic rings. The van der Waals surface area contributed by atoms with E-state index >= 15 is 0 Å². The van der Waals surface area contributed by atoms with Crippen molar-refractivity contribution in [1.29, 1.82) is 0 Å². The Kier molecular flexibility index (Phi) is 4.47. The summed E-state index contributed by atoms with van der Waals surface area (Å²) in [6, 6.07) is 7.30. The highest BCUT2D eigenvalue weighted by Gasteiger charge is 2.23. The maximum absolute atomic E-state index is 12.2. The van der Waals surface area contributed by atoms with Gasteiger partial charge in [0.05, 0.1) is 17.3 Å². The fourth-order valence-corrected chi connectivity index (χ4v) is 3.78. The lowest BCUT2D eigenvalue weighted by Gasteiger charge is -2.32. The van der Waals surface area contributed by atoms with E-state index in [9.17, 15) is 13.2 Å². The maximum Gasteiger partial charge on any atom is 0.271 e. The van der Waals surface area contributed by atoms with Crippen molar-refractivity contribution in [2.45, 2.75) is 25.4 Å². The van der Waals surface area contributed by atoms with Crippen molar-refractivity contribution in [3.8, 4) is 0 Å². The van der Waals surface area contributed by atoms with Gasteiger partial charge < -0.3 is 4.98 Å². The Labute approximate surface area is 134 Å². The number of hydrogen-bond acceptors (Lipinski definition) is 5. The zero-order chi connectivity index (χ0) is 16.4. The number of likely N-dealkylation sites (tertiary alicyclic amines) is 1. The Morgan fingerprint density at radius 1 is 1.39 bits per heavy atom. The number of fused-ring (bicyclic) bond motifs is 1. The molecule has 1 aromatic heterocycles. The quantitative estimate of drug-likeness (QED) is 0.844. The van der Waals surface area contributed by atoms with Crippen LogP contribution in [0.5, 0.6) is 0 Å². The molecule has 0 saturated carbocycles. The monoisotopic (exact) mass is 336 g/mol. The lowest BCUT2D eigenvalue weighted by molar-refractivity contribution is 0.192. The molecule has 1 fully saturated rings. The minimum atomic E-state index is -3.22. The number of H-pyrrole nitrogens is 1. The van der Waals surface area contributed by atoms with Crippen LogP contribution in [0.4, 0.5) is 0 Å². The standard InChI is InChI=1S/C15H20N4O3S/c1-23(21,22)18-11-5-4-8-19(9-11)10-14-15(20)17-13-7-3-2-6-12(13)16-14/h2-3,6-7,11,18H,4-5,8-10H2,1H3,(H,17,20). The topological polar surface area (TPSA) is 95.2 Å². The predicted octanol–water partition coefficient (Wildman–Crippen LogP) is 0.437. The van der Waals surface area contributed by atoms with Gasteiger partial charge in [0.1, 0.15) is 5.69 Å². The molecule has 3 rings (SSSR count). The molecule has 0 bridgehead atoms. The van der Waals surface area contributed by atoms with Gasteiger partial charge in [0, 0.05) is 19.1 Å². The number of rotatable bonds is 4. The summed E-state index contributed by atoms with van der Waals surface area (Å²) in [5.74, 6) is 0. The predicted molar refractivity (Wildman–Crippen MR) is 88.6 cm³/mol. The molecule has 7 nitrogen and oxygen atoms in total. The minimum absolute atomic E-state index is 0.113. The second-order valence-electron chi connectivity index (χ2n) is 5.99. The number of nitrogens with zero attached hydrogens (tertiary/aromatic N) is 2. The smallest absolute Gasteiger partial charge is 0.271 e. The summed E-state index contributed by atoms with van der Waals surface area (Å²) in [6.07, 6.45) is 2.87. The van der Waals surface area contributed by atoms with Gasteiger partial charge in [-0.2, -0.15) is 0 Å². The van der Waals surface area contributed by atoms with Gasteiger partial charge in [-0.15, -0.1) is 0 Å². The molecule has 0 amide bonds. The fraction of sp³-hybridized carbons (Fsp3) is 0.467. The van der Waals surface area contributed by atoms with Crippen LogP contribution in [0.2, 0.25) is 0 Å². The average molecular weight is 336 g/mol. The third-order valence-electron chi connectivity index (χ3n) is 3.93. The highest BCUT2D eigenvalue weighted by Crippen LogP contribution is 2.13. The molecule has 1 atom stereocenters. The van der Waals surface area contributed by atoms with Crippen LogP contribution in [0.15, 0.2) is 29.1 Å². The summed E-state index contributed by atoms with van der Waals surface area (Å²) >= 11 is 0. The maximum atomic E-state index is 12.2. The summed E-state index contributed by atoms with van der Waals surface area (Å²) in [5, 5.41) is 0. The van der Waals surface area contributed by atoms with E-state index in [-0.39, 0.29) is 11.6 Å². The molecule has 1 saturated heterocycles. The molecular formula is C15H20N4O3S. The number of nitrogens with one attached hydrogen (secondary N) is 2. The second kappa shape index (κ2) is 6.38. The van der Waals surface area contributed by atoms with Crippen LogP contribution in [0.25, 0.3) is 11.0 Å². The van der Waals surface area contributed by atoms with Crippen LogP contribution in [0, 0.1) is 0 Å². The molecule has 0 radical (unpaired) electrons. The normalized spacial score (nSPS) is 20.0. The van der Waals surface area contributed by atoms with Gasteiger partial charge in [-0.25, -0.2) is 18.1 Å². The van der Waals surface area contributed by atoms with Gasteiger partial charge in [-0.05, 0) is 31.5 Å². The van der Waals surface area contributed by atoms with Crippen molar-refractivity contribution in [3.05, 3.63) is 40.3 Å². The van der Waals surface area contributed by atoms with Gasteiger partial charge in [-0.3, -0.25) is 9.69 Å². The summed E-state index contributed by atoms with van der Waals surface area (Å²) in [6.45, 7) is 1.83. The molecule has 0 spiro atoms. The lowest BCUT2D eigenvalue weighted by Crippen LogP contribution is -2.47. The summed E-state index contributed by atoms with van der Waals surface area (Å²) in [5.41, 5.74) is 1.74. The van der Waals surface area contributed by atoms with Crippen molar-refractivity contribution in [1.82, 2.24) is 19.6 Å². The fourth-order valence-electron chi connectivity index (χ4n) is 2.98. The molecule has 23 heavy (non-hydrogen) atoms. The molecule has 1 unspecified atom stereocenters. The van der Waals surface area contributed by atoms with Gasteiger partial charge in [-0.1, -0.05) is 12.1 Å². The van der Waals surface area contributed by atoms with Crippen LogP contribution in [-0.2, 0) is 16.6 Å². The number of aromatic amines is 1. The van der Waals surface area contributed by atoms with Crippen LogP contribution in [-0.4, -0.2) is 48.7 Å². The number of piperidine rings is 1. The van der Waals surface area contributed by atoms with Gasteiger partial charge in [0.25, 0.3) is 5.56 Å². The van der Waals surface area contributed by atoms with E-state index < -0.39 is 10.0 Å². The molecular weight excluding hydrogens is 316 g/mol. The largest absolute Gasteiger partial charge is 0.319 e. The lowest BCUT2D eigenvalue weighted by atomic mass is 10.1. The van der Waals surface area contributed by atoms with E-state index in [0.29, 0.717) is 18.8 Å². The average Bonchev–Trinajstić information content (AvgIpc) is 2.46. The number of benzene rings is 1. The van der Waals surface area contributed by atoms with Crippen LogP contribution < -0.4 is 10.3 Å². The Balaban J connectivity index is 1.76. The molecule has 2 aromatic rings. The van der Waals surface area contributed by atoms with Gasteiger partial charge in [0.15, 0.2) is 0 Å². The SMILES string of the molecule is CS(=O)(=O)NC1CCCN(Cc2nc3ccccc3[nH]c2=O)C1. The number of sulfonamides is 1. The highest BCUT2D eigenvalue weighted by molar-refractivity contribution is 7.88. The van der Waals surface area contributed by atoms with Crippen LogP contribution in [0.1, 0.15) is 18.5 Å². The van der Waals surface area contributed by atoms with Crippen LogP contribution in [0.3, 0.4) is 0 Å². The van der Waals surface area contributed by atoms with Gasteiger partial charge >= 0.3 is 0 Å². The highest BCUT2D eigenvalue weighted by atomic mass is 32.2. The van der Waals surface area contributed by atoms with E-state index in [1.54, 1.807) is 0 Å². The zero-order valence-corrected chi connectivity index (χ0v) is 13.8. The number of aromatic nitrogens is 2. The van der Waals surface area contributed by atoms with Crippen molar-refractivity contribution in [2.24, 2.45) is 0 Å². The summed E-state index contributed by atoms with van der Waals surface area (Å²) in [7, 11) is -3.22. The van der Waals surface area contributed by atoms with Crippen molar-refractivity contribution in [3.63, 3.8) is 0 Å². The third-order valence-corrected chi connectivity index (χ3v) is 4.69. The Morgan fingerprint density at radius 2 is 2.17 bits per heavy atom. The number of hydrogen-bond donors (Lipinski definition) is 2. The molecule has 1 aromatic carbocycles. The van der Waals surface area contributed by atoms with E-state index in [0.717, 1.165) is 30.4 Å². The van der Waals surface area contributed by atoms with Crippen molar-refractivity contribution >= 4 is 21.1 Å². The van der Waals surface area contributed by atoms with E-state index in [1.807, 2.05) is 24.3 Å². The minimum Gasteiger partial charge on any atom is -0.319 e. The van der Waals surface area contributed by atoms with E-state index in [4.69, 9.17) is 0 Å². The third kappa shape index (κ3) is 4.15. The molecule has 124 valence electrons. The molecule has 2 N–H and O–H groups in total.